The maximum atomic E-state index is 14.5. The van der Waals surface area contributed by atoms with Crippen LogP contribution in [0.1, 0.15) is 92.9 Å². The largest absolute Gasteiger partial charge is 0.469 e. The van der Waals surface area contributed by atoms with Crippen LogP contribution in [-0.4, -0.2) is 47.8 Å². The Balaban J connectivity index is 1.75. The molecule has 0 radical (unpaired) electrons. The topological polar surface area (TPSA) is 96.0 Å². The van der Waals surface area contributed by atoms with Gasteiger partial charge in [0.05, 0.1) is 11.9 Å². The van der Waals surface area contributed by atoms with Gasteiger partial charge in [0.2, 0.25) is 0 Å². The Morgan fingerprint density at radius 2 is 1.72 bits per heavy atom. The summed E-state index contributed by atoms with van der Waals surface area (Å²) in [5.41, 5.74) is -0.696. The van der Waals surface area contributed by atoms with Gasteiger partial charge < -0.3 is 14.2 Å². The Kier molecular flexibility index (Phi) is 8.95. The van der Waals surface area contributed by atoms with Gasteiger partial charge in [-0.1, -0.05) is 43.6 Å². The second-order valence-corrected chi connectivity index (χ2v) is 14.3. The molecule has 3 unspecified atom stereocenters. The SMILES string of the molecule is CC[C@H]1[C@@H](OC(C)=O)C2C3CC[C@H]([C@H](C)CCC(=O)OC)[C@@]3(C)C(=O)[C@@H](Br)C2[C@@]2(C)CC[C@@H](OC(C)=O)C[C@@H]12. The van der Waals surface area contributed by atoms with Crippen LogP contribution >= 0.6 is 15.9 Å². The van der Waals surface area contributed by atoms with E-state index in [1.165, 1.54) is 21.0 Å². The summed E-state index contributed by atoms with van der Waals surface area (Å²) in [6.07, 6.45) is 5.71. The molecule has 0 aliphatic heterocycles. The highest BCUT2D eigenvalue weighted by Gasteiger charge is 2.71. The summed E-state index contributed by atoms with van der Waals surface area (Å²) in [6.45, 7) is 11.8. The van der Waals surface area contributed by atoms with E-state index in [1.807, 2.05) is 0 Å². The predicted molar refractivity (Wildman–Crippen MR) is 150 cm³/mol. The number of hydrogen-bond donors (Lipinski definition) is 0. The lowest BCUT2D eigenvalue weighted by Gasteiger charge is -2.65. The average molecular weight is 612 g/mol. The molecule has 0 spiro atoms. The molecule has 4 saturated carbocycles. The van der Waals surface area contributed by atoms with Crippen molar-refractivity contribution in [3.63, 3.8) is 0 Å². The van der Waals surface area contributed by atoms with E-state index in [1.54, 1.807) is 0 Å². The van der Waals surface area contributed by atoms with Gasteiger partial charge in [-0.15, -0.1) is 0 Å². The minimum absolute atomic E-state index is 0.0302. The van der Waals surface area contributed by atoms with Crippen molar-refractivity contribution in [2.24, 2.45) is 52.3 Å². The number of ether oxygens (including phenoxy) is 3. The van der Waals surface area contributed by atoms with Crippen LogP contribution in [0, 0.1) is 52.3 Å². The fourth-order valence-corrected chi connectivity index (χ4v) is 11.4. The first kappa shape index (κ1) is 30.5. The van der Waals surface area contributed by atoms with E-state index in [0.29, 0.717) is 12.8 Å². The van der Waals surface area contributed by atoms with Crippen molar-refractivity contribution < 1.29 is 33.4 Å². The highest BCUT2D eigenvalue weighted by molar-refractivity contribution is 9.10. The number of methoxy groups -OCH3 is 1. The van der Waals surface area contributed by atoms with Crippen LogP contribution in [0.3, 0.4) is 0 Å². The molecule has 0 N–H and O–H groups in total. The van der Waals surface area contributed by atoms with Crippen molar-refractivity contribution in [1.29, 1.82) is 0 Å². The molecule has 0 bridgehead atoms. The van der Waals surface area contributed by atoms with E-state index in [9.17, 15) is 19.2 Å². The van der Waals surface area contributed by atoms with Gasteiger partial charge in [0.25, 0.3) is 0 Å². The van der Waals surface area contributed by atoms with Crippen molar-refractivity contribution >= 4 is 39.6 Å². The Labute approximate surface area is 242 Å². The van der Waals surface area contributed by atoms with Gasteiger partial charge in [0.1, 0.15) is 12.2 Å². The highest BCUT2D eigenvalue weighted by Crippen LogP contribution is 2.70. The molecule has 0 aromatic heterocycles. The van der Waals surface area contributed by atoms with Crippen molar-refractivity contribution in [2.75, 3.05) is 7.11 Å². The Morgan fingerprint density at radius 3 is 2.31 bits per heavy atom. The molecule has 4 fully saturated rings. The molecule has 0 aromatic carbocycles. The third-order valence-electron chi connectivity index (χ3n) is 11.6. The van der Waals surface area contributed by atoms with Gasteiger partial charge in [-0.3, -0.25) is 19.2 Å². The number of ketones is 1. The second kappa shape index (κ2) is 11.4. The summed E-state index contributed by atoms with van der Waals surface area (Å²) in [5, 5.41) is 0. The zero-order valence-electron chi connectivity index (χ0n) is 24.7. The number of carbonyl (C=O) groups excluding carboxylic acids is 4. The molecule has 4 aliphatic carbocycles. The minimum atomic E-state index is -0.556. The van der Waals surface area contributed by atoms with Crippen LogP contribution in [-0.2, 0) is 33.4 Å². The Bertz CT molecular complexity index is 982. The second-order valence-electron chi connectivity index (χ2n) is 13.3. The zero-order chi connectivity index (χ0) is 28.9. The number of esters is 3. The van der Waals surface area contributed by atoms with Crippen LogP contribution in [0.4, 0.5) is 0 Å². The number of alkyl halides is 1. The third-order valence-corrected chi connectivity index (χ3v) is 12.6. The van der Waals surface area contributed by atoms with E-state index in [4.69, 9.17) is 14.2 Å². The molecule has 39 heavy (non-hydrogen) atoms. The van der Waals surface area contributed by atoms with Gasteiger partial charge >= 0.3 is 17.9 Å². The fourth-order valence-electron chi connectivity index (χ4n) is 9.96. The fraction of sp³-hybridized carbons (Fsp3) is 0.871. The first-order chi connectivity index (χ1) is 18.3. The van der Waals surface area contributed by atoms with Crippen LogP contribution in [0.5, 0.6) is 0 Å². The average Bonchev–Trinajstić information content (AvgIpc) is 3.23. The molecule has 0 saturated heterocycles. The monoisotopic (exact) mass is 610 g/mol. The lowest BCUT2D eigenvalue weighted by molar-refractivity contribution is -0.214. The first-order valence-corrected chi connectivity index (χ1v) is 15.8. The molecule has 7 nitrogen and oxygen atoms in total. The van der Waals surface area contributed by atoms with Crippen molar-refractivity contribution in [1.82, 2.24) is 0 Å². The summed E-state index contributed by atoms with van der Waals surface area (Å²) in [5.74, 6) is 0.372. The summed E-state index contributed by atoms with van der Waals surface area (Å²) in [4.78, 5) is 50.4. The Morgan fingerprint density at radius 1 is 1.05 bits per heavy atom. The van der Waals surface area contributed by atoms with E-state index in [0.717, 1.165) is 38.5 Å². The summed E-state index contributed by atoms with van der Waals surface area (Å²) in [7, 11) is 1.41. The molecule has 0 heterocycles. The number of Topliss-reactive ketones (excluding diaryl/α,β-unsaturated/α-hetero) is 1. The molecular formula is C31H47BrO7. The predicted octanol–water partition coefficient (Wildman–Crippen LogP) is 5.90. The standard InChI is InChI=1S/C31H47BrO7/c1-8-20-23-15-19(38-17(3)33)13-14-30(23,5)26-25(28(20)39-18(4)34)22-11-10-21(16(2)9-12-24(35)37-7)31(22,6)29(36)27(26)32/h16,19-23,25-28H,8-15H2,1-7H3/t16-,19-,20-,21-,22?,23+,25?,26?,27+,28-,30+,31-/m1/s1. The van der Waals surface area contributed by atoms with Crippen LogP contribution in [0.25, 0.3) is 0 Å². The van der Waals surface area contributed by atoms with E-state index in [-0.39, 0.29) is 87.6 Å². The van der Waals surface area contributed by atoms with Gasteiger partial charge in [-0.25, -0.2) is 0 Å². The van der Waals surface area contributed by atoms with Gasteiger partial charge in [0, 0.05) is 31.6 Å². The summed E-state index contributed by atoms with van der Waals surface area (Å²) < 4.78 is 16.8. The molecule has 0 aromatic rings. The normalized spacial score (nSPS) is 43.9. The van der Waals surface area contributed by atoms with Crippen LogP contribution in [0.2, 0.25) is 0 Å². The molecule has 4 rings (SSSR count). The number of fused-ring (bicyclic) bond motifs is 5. The van der Waals surface area contributed by atoms with Gasteiger partial charge in [-0.2, -0.15) is 0 Å². The quantitative estimate of drug-likeness (QED) is 0.201. The highest BCUT2D eigenvalue weighted by atomic mass is 79.9. The molecule has 220 valence electrons. The van der Waals surface area contributed by atoms with E-state index < -0.39 is 5.41 Å². The smallest absolute Gasteiger partial charge is 0.305 e. The zero-order valence-corrected chi connectivity index (χ0v) is 26.3. The van der Waals surface area contributed by atoms with Gasteiger partial charge in [-0.05, 0) is 85.9 Å². The molecule has 0 amide bonds. The number of halogens is 1. The maximum absolute atomic E-state index is 14.5. The molecule has 12 atom stereocenters. The molecule has 8 heteroatoms. The third kappa shape index (κ3) is 5.10. The molecule has 4 aliphatic rings. The summed E-state index contributed by atoms with van der Waals surface area (Å²) >= 11 is 3.96. The van der Waals surface area contributed by atoms with Crippen LogP contribution in [0.15, 0.2) is 0 Å². The summed E-state index contributed by atoms with van der Waals surface area (Å²) in [6, 6.07) is 0. The van der Waals surface area contributed by atoms with Crippen molar-refractivity contribution in [3.8, 4) is 0 Å². The number of carbonyl (C=O) groups is 4. The molecular weight excluding hydrogens is 564 g/mol. The van der Waals surface area contributed by atoms with Crippen molar-refractivity contribution in [3.05, 3.63) is 0 Å². The number of rotatable bonds is 7. The lowest BCUT2D eigenvalue weighted by Crippen LogP contribution is -2.68. The Hall–Kier alpha value is -1.44. The first-order valence-electron chi connectivity index (χ1n) is 14.9. The number of hydrogen-bond acceptors (Lipinski definition) is 7. The lowest BCUT2D eigenvalue weighted by atomic mass is 9.41. The van der Waals surface area contributed by atoms with Crippen LogP contribution < -0.4 is 0 Å². The van der Waals surface area contributed by atoms with E-state index in [2.05, 4.69) is 43.6 Å². The van der Waals surface area contributed by atoms with E-state index >= 15 is 0 Å². The maximum Gasteiger partial charge on any atom is 0.305 e. The minimum Gasteiger partial charge on any atom is -0.469 e. The van der Waals surface area contributed by atoms with Gasteiger partial charge in [0.15, 0.2) is 5.78 Å². The van der Waals surface area contributed by atoms with Crippen molar-refractivity contribution in [2.45, 2.75) is 110 Å².